The van der Waals surface area contributed by atoms with Crippen LogP contribution in [0.4, 0.5) is 9.18 Å². The van der Waals surface area contributed by atoms with Crippen molar-refractivity contribution < 1.29 is 22.3 Å². The van der Waals surface area contributed by atoms with Crippen LogP contribution >= 0.6 is 0 Å². The van der Waals surface area contributed by atoms with Crippen molar-refractivity contribution in [1.82, 2.24) is 15.6 Å². The molecule has 0 saturated carbocycles. The molecule has 7 nitrogen and oxygen atoms in total. The molecule has 1 aliphatic rings. The lowest BCUT2D eigenvalue weighted by Gasteiger charge is -2.13. The largest absolute Gasteiger partial charge is 0.439 e. The third kappa shape index (κ3) is 4.92. The van der Waals surface area contributed by atoms with Gasteiger partial charge >= 0.3 is 6.03 Å². The molecule has 1 saturated heterocycles. The zero-order valence-electron chi connectivity index (χ0n) is 13.8. The summed E-state index contributed by atoms with van der Waals surface area (Å²) in [6, 6.07) is 8.24. The summed E-state index contributed by atoms with van der Waals surface area (Å²) in [7, 11) is -3.06. The number of urea groups is 1. The maximum absolute atomic E-state index is 13.3. The predicted molar refractivity (Wildman–Crippen MR) is 93.1 cm³/mol. The Morgan fingerprint density at radius 1 is 1.31 bits per heavy atom. The van der Waals surface area contributed by atoms with Gasteiger partial charge in [0.05, 0.1) is 11.5 Å². The molecule has 0 radical (unpaired) electrons. The van der Waals surface area contributed by atoms with Crippen LogP contribution in [-0.4, -0.2) is 37.0 Å². The topological polar surface area (TPSA) is 97.4 Å². The smallest absolute Gasteiger partial charge is 0.315 e. The Morgan fingerprint density at radius 2 is 2.15 bits per heavy atom. The number of benzene rings is 1. The SMILES string of the molecule is O=C(NCc1cccnc1Oc1cccc(F)c1)NC1CCS(=O)(=O)C1. The summed E-state index contributed by atoms with van der Waals surface area (Å²) in [6.45, 7) is 0.129. The van der Waals surface area contributed by atoms with E-state index in [2.05, 4.69) is 15.6 Å². The number of amides is 2. The molecule has 0 bridgehead atoms. The number of rotatable bonds is 5. The number of aromatic nitrogens is 1. The Bertz CT molecular complexity index is 904. The van der Waals surface area contributed by atoms with E-state index in [9.17, 15) is 17.6 Å². The van der Waals surface area contributed by atoms with Gasteiger partial charge in [-0.3, -0.25) is 0 Å². The number of carbonyl (C=O) groups is 1. The molecule has 26 heavy (non-hydrogen) atoms. The van der Waals surface area contributed by atoms with Gasteiger partial charge in [-0.05, 0) is 24.6 Å². The van der Waals surface area contributed by atoms with Gasteiger partial charge in [-0.15, -0.1) is 0 Å². The molecule has 1 atom stereocenters. The molecule has 9 heteroatoms. The molecule has 1 unspecified atom stereocenters. The fourth-order valence-corrected chi connectivity index (χ4v) is 4.29. The lowest BCUT2D eigenvalue weighted by atomic mass is 10.2. The van der Waals surface area contributed by atoms with Gasteiger partial charge in [-0.2, -0.15) is 0 Å². The lowest BCUT2D eigenvalue weighted by molar-refractivity contribution is 0.237. The minimum atomic E-state index is -3.06. The summed E-state index contributed by atoms with van der Waals surface area (Å²) < 4.78 is 41.7. The Hall–Kier alpha value is -2.68. The first kappa shape index (κ1) is 18.1. The van der Waals surface area contributed by atoms with Crippen LogP contribution in [0.25, 0.3) is 0 Å². The first-order valence-electron chi connectivity index (χ1n) is 8.03. The number of hydrogen-bond donors (Lipinski definition) is 2. The van der Waals surface area contributed by atoms with E-state index < -0.39 is 21.7 Å². The molecule has 2 amide bonds. The average molecular weight is 379 g/mol. The van der Waals surface area contributed by atoms with E-state index in [1.165, 1.54) is 24.4 Å². The summed E-state index contributed by atoms with van der Waals surface area (Å²) in [5, 5.41) is 5.29. The highest BCUT2D eigenvalue weighted by atomic mass is 32.2. The summed E-state index contributed by atoms with van der Waals surface area (Å²) >= 11 is 0. The van der Waals surface area contributed by atoms with Crippen molar-refractivity contribution >= 4 is 15.9 Å². The van der Waals surface area contributed by atoms with E-state index >= 15 is 0 Å². The summed E-state index contributed by atoms with van der Waals surface area (Å²) in [5.74, 6) is 0.171. The van der Waals surface area contributed by atoms with Crippen molar-refractivity contribution in [2.75, 3.05) is 11.5 Å². The number of hydrogen-bond acceptors (Lipinski definition) is 5. The van der Waals surface area contributed by atoms with Crippen LogP contribution in [0.2, 0.25) is 0 Å². The first-order valence-corrected chi connectivity index (χ1v) is 9.85. The molecule has 1 aromatic carbocycles. The maximum Gasteiger partial charge on any atom is 0.315 e. The van der Waals surface area contributed by atoms with Crippen LogP contribution in [0.5, 0.6) is 11.6 Å². The summed E-state index contributed by atoms with van der Waals surface area (Å²) in [4.78, 5) is 16.1. The van der Waals surface area contributed by atoms with Gasteiger partial charge in [0.2, 0.25) is 5.88 Å². The minimum Gasteiger partial charge on any atom is -0.439 e. The second-order valence-corrected chi connectivity index (χ2v) is 8.18. The van der Waals surface area contributed by atoms with Crippen LogP contribution in [0.15, 0.2) is 42.6 Å². The zero-order valence-corrected chi connectivity index (χ0v) is 14.6. The fourth-order valence-electron chi connectivity index (χ4n) is 2.61. The fraction of sp³-hybridized carbons (Fsp3) is 0.294. The molecule has 138 valence electrons. The van der Waals surface area contributed by atoms with E-state index in [4.69, 9.17) is 4.74 Å². The molecule has 2 N–H and O–H groups in total. The number of ether oxygens (including phenoxy) is 1. The van der Waals surface area contributed by atoms with Crippen LogP contribution in [0.3, 0.4) is 0 Å². The van der Waals surface area contributed by atoms with Crippen molar-refractivity contribution in [3.8, 4) is 11.6 Å². The Kier molecular flexibility index (Phi) is 5.36. The summed E-state index contributed by atoms with van der Waals surface area (Å²) in [6.07, 6.45) is 1.94. The molecular weight excluding hydrogens is 361 g/mol. The normalized spacial score (nSPS) is 18.3. The number of halogens is 1. The van der Waals surface area contributed by atoms with Crippen molar-refractivity contribution in [3.05, 3.63) is 54.0 Å². The first-order chi connectivity index (χ1) is 12.4. The van der Waals surface area contributed by atoms with Crippen LogP contribution in [-0.2, 0) is 16.4 Å². The van der Waals surface area contributed by atoms with Crippen molar-refractivity contribution in [2.24, 2.45) is 0 Å². The lowest BCUT2D eigenvalue weighted by Crippen LogP contribution is -2.42. The van der Waals surface area contributed by atoms with Gasteiger partial charge in [0.15, 0.2) is 9.84 Å². The van der Waals surface area contributed by atoms with Gasteiger partial charge in [-0.25, -0.2) is 22.6 Å². The number of sulfone groups is 1. The Labute approximate surface area is 150 Å². The van der Waals surface area contributed by atoms with Crippen LogP contribution < -0.4 is 15.4 Å². The molecule has 1 aromatic heterocycles. The van der Waals surface area contributed by atoms with Crippen molar-refractivity contribution in [1.29, 1.82) is 0 Å². The van der Waals surface area contributed by atoms with Crippen molar-refractivity contribution in [3.63, 3.8) is 0 Å². The van der Waals surface area contributed by atoms with E-state index in [1.807, 2.05) is 0 Å². The highest BCUT2D eigenvalue weighted by Crippen LogP contribution is 2.23. The molecule has 0 aliphatic carbocycles. The van der Waals surface area contributed by atoms with Crippen molar-refractivity contribution in [2.45, 2.75) is 19.0 Å². The molecule has 0 spiro atoms. The minimum absolute atomic E-state index is 0.0404. The molecule has 2 aromatic rings. The maximum atomic E-state index is 13.3. The highest BCUT2D eigenvalue weighted by molar-refractivity contribution is 7.91. The monoisotopic (exact) mass is 379 g/mol. The van der Waals surface area contributed by atoms with E-state index in [1.54, 1.807) is 18.2 Å². The predicted octanol–water partition coefficient (Wildman–Crippen LogP) is 2.00. The summed E-state index contributed by atoms with van der Waals surface area (Å²) in [5.41, 5.74) is 0.603. The molecular formula is C17H18FN3O4S. The molecule has 1 fully saturated rings. The number of pyridine rings is 1. The van der Waals surface area contributed by atoms with Gasteiger partial charge < -0.3 is 15.4 Å². The number of nitrogens with zero attached hydrogens (tertiary/aromatic N) is 1. The third-order valence-electron chi connectivity index (χ3n) is 3.87. The Morgan fingerprint density at radius 3 is 2.88 bits per heavy atom. The number of carbonyl (C=O) groups excluding carboxylic acids is 1. The van der Waals surface area contributed by atoms with Gasteiger partial charge in [0.1, 0.15) is 11.6 Å². The van der Waals surface area contributed by atoms with Gasteiger partial charge in [-0.1, -0.05) is 12.1 Å². The van der Waals surface area contributed by atoms with E-state index in [0.29, 0.717) is 17.7 Å². The standard InChI is InChI=1S/C17H18FN3O4S/c18-13-4-1-5-15(9-13)25-16-12(3-2-7-19-16)10-20-17(22)21-14-6-8-26(23,24)11-14/h1-5,7,9,14H,6,8,10-11H2,(H2,20,21,22). The van der Waals surface area contributed by atoms with Gasteiger partial charge in [0.25, 0.3) is 0 Å². The van der Waals surface area contributed by atoms with E-state index in [-0.39, 0.29) is 30.0 Å². The van der Waals surface area contributed by atoms with Gasteiger partial charge in [0, 0.05) is 30.4 Å². The van der Waals surface area contributed by atoms with Crippen LogP contribution in [0.1, 0.15) is 12.0 Å². The molecule has 1 aliphatic heterocycles. The number of nitrogens with one attached hydrogen (secondary N) is 2. The van der Waals surface area contributed by atoms with E-state index in [0.717, 1.165) is 0 Å². The third-order valence-corrected chi connectivity index (χ3v) is 5.64. The zero-order chi connectivity index (χ0) is 18.6. The average Bonchev–Trinajstić information content (AvgIpc) is 2.92. The second-order valence-electron chi connectivity index (χ2n) is 5.95. The molecule has 3 rings (SSSR count). The Balaban J connectivity index is 1.59. The quantitative estimate of drug-likeness (QED) is 0.828. The second kappa shape index (κ2) is 7.69. The van der Waals surface area contributed by atoms with Crippen LogP contribution in [0, 0.1) is 5.82 Å². The highest BCUT2D eigenvalue weighted by Gasteiger charge is 2.28. The molecule has 2 heterocycles.